The number of aryl methyl sites for hydroxylation is 2. The number of aromatic nitrogens is 2. The summed E-state index contributed by atoms with van der Waals surface area (Å²) in [5, 5.41) is 8.48. The average Bonchev–Trinajstić information content (AvgIpc) is 2.82. The van der Waals surface area contributed by atoms with E-state index in [1.165, 1.54) is 0 Å². The fraction of sp³-hybridized carbons (Fsp3) is 0.692. The molecule has 2 N–H and O–H groups in total. The summed E-state index contributed by atoms with van der Waals surface area (Å²) >= 11 is 0. The highest BCUT2D eigenvalue weighted by Crippen LogP contribution is 2.25. The lowest BCUT2D eigenvalue weighted by Gasteiger charge is -2.17. The Balaban J connectivity index is 1.73. The highest BCUT2D eigenvalue weighted by atomic mass is 19.3. The number of hydrogen-bond acceptors (Lipinski definition) is 5. The zero-order valence-electron chi connectivity index (χ0n) is 12.2. The first-order chi connectivity index (χ1) is 10.4. The van der Waals surface area contributed by atoms with E-state index in [-0.39, 0.29) is 25.3 Å². The molecule has 0 radical (unpaired) electrons. The van der Waals surface area contributed by atoms with Gasteiger partial charge in [0.05, 0.1) is 0 Å². The van der Waals surface area contributed by atoms with Gasteiger partial charge in [-0.2, -0.15) is 13.8 Å². The van der Waals surface area contributed by atoms with Crippen molar-refractivity contribution < 1.29 is 22.9 Å². The van der Waals surface area contributed by atoms with Crippen LogP contribution in [-0.2, 0) is 16.0 Å². The first kappa shape index (κ1) is 16.3. The summed E-state index contributed by atoms with van der Waals surface area (Å²) < 4.78 is 31.3. The molecule has 22 heavy (non-hydrogen) atoms. The number of carbonyl (C=O) groups excluding carboxylic acids is 2. The maximum atomic E-state index is 13.2. The third-order valence-corrected chi connectivity index (χ3v) is 3.39. The topological polar surface area (TPSA) is 97.1 Å². The third kappa shape index (κ3) is 4.47. The van der Waals surface area contributed by atoms with Crippen molar-refractivity contribution >= 4 is 11.8 Å². The summed E-state index contributed by atoms with van der Waals surface area (Å²) in [6, 6.07) is -0.476. The maximum Gasteiger partial charge on any atom is 0.324 e. The molecule has 1 aromatic heterocycles. The first-order valence-corrected chi connectivity index (χ1v) is 7.11. The molecule has 1 unspecified atom stereocenters. The van der Waals surface area contributed by atoms with Crippen molar-refractivity contribution in [3.63, 3.8) is 0 Å². The van der Waals surface area contributed by atoms with E-state index in [0.717, 1.165) is 0 Å². The summed E-state index contributed by atoms with van der Waals surface area (Å²) in [5.74, 6) is -3.99. The molecule has 0 bridgehead atoms. The quantitative estimate of drug-likeness (QED) is 0.835. The van der Waals surface area contributed by atoms with Crippen LogP contribution in [0.1, 0.15) is 37.4 Å². The van der Waals surface area contributed by atoms with Crippen LogP contribution in [0.5, 0.6) is 0 Å². The van der Waals surface area contributed by atoms with E-state index in [0.29, 0.717) is 24.6 Å². The summed E-state index contributed by atoms with van der Waals surface area (Å²) in [4.78, 5) is 27.0. The van der Waals surface area contributed by atoms with Gasteiger partial charge in [0, 0.05) is 31.8 Å². The molecule has 2 amide bonds. The average molecular weight is 316 g/mol. The lowest BCUT2D eigenvalue weighted by Crippen LogP contribution is -2.47. The molecule has 1 aliphatic rings. The number of amides is 2. The van der Waals surface area contributed by atoms with Gasteiger partial charge in [-0.05, 0) is 19.8 Å². The largest absolute Gasteiger partial charge is 0.354 e. The molecular weight excluding hydrogens is 298 g/mol. The predicted molar refractivity (Wildman–Crippen MR) is 71.1 cm³/mol. The Bertz CT molecular complexity index is 547. The Kier molecular flexibility index (Phi) is 5.04. The summed E-state index contributed by atoms with van der Waals surface area (Å²) in [6.45, 7) is 1.81. The minimum Gasteiger partial charge on any atom is -0.354 e. The van der Waals surface area contributed by atoms with Crippen LogP contribution in [0.2, 0.25) is 0 Å². The Morgan fingerprint density at radius 3 is 3.00 bits per heavy atom. The first-order valence-electron chi connectivity index (χ1n) is 7.11. The van der Waals surface area contributed by atoms with Crippen molar-refractivity contribution in [2.24, 2.45) is 0 Å². The number of rotatable bonds is 5. The minimum absolute atomic E-state index is 0.128. The molecule has 2 heterocycles. The Hall–Kier alpha value is -2.06. The molecule has 1 aromatic rings. The number of alkyl halides is 2. The highest BCUT2D eigenvalue weighted by molar-refractivity contribution is 5.84. The smallest absolute Gasteiger partial charge is 0.324 e. The van der Waals surface area contributed by atoms with Gasteiger partial charge in [-0.25, -0.2) is 0 Å². The van der Waals surface area contributed by atoms with Crippen LogP contribution in [0.3, 0.4) is 0 Å². The minimum atomic E-state index is -3.32. The van der Waals surface area contributed by atoms with Crippen LogP contribution in [0.15, 0.2) is 4.52 Å². The molecule has 0 aliphatic carbocycles. The zero-order valence-corrected chi connectivity index (χ0v) is 12.2. The number of nitrogens with one attached hydrogen (secondary N) is 2. The monoisotopic (exact) mass is 316 g/mol. The zero-order chi connectivity index (χ0) is 16.2. The molecule has 0 saturated carbocycles. The van der Waals surface area contributed by atoms with Crippen LogP contribution in [-0.4, -0.2) is 40.5 Å². The summed E-state index contributed by atoms with van der Waals surface area (Å²) in [7, 11) is 0. The third-order valence-electron chi connectivity index (χ3n) is 3.39. The van der Waals surface area contributed by atoms with Gasteiger partial charge in [-0.1, -0.05) is 5.16 Å². The second-order valence-electron chi connectivity index (χ2n) is 5.31. The summed E-state index contributed by atoms with van der Waals surface area (Å²) in [6.07, 6.45) is 0.637. The van der Waals surface area contributed by atoms with Crippen LogP contribution in [0.4, 0.5) is 8.78 Å². The number of nitrogens with zero attached hydrogens (tertiary/aromatic N) is 2. The fourth-order valence-electron chi connectivity index (χ4n) is 2.19. The van der Waals surface area contributed by atoms with Gasteiger partial charge < -0.3 is 15.2 Å². The number of halogens is 2. The van der Waals surface area contributed by atoms with E-state index in [1.54, 1.807) is 6.92 Å². The lowest BCUT2D eigenvalue weighted by molar-refractivity contribution is -0.145. The standard InChI is InChI=1S/C13H18F2N4O3/c1-8-17-11(22-19-8)5-4-10(20)16-7-9-3-2-6-13(14,15)12(21)18-9/h9H,2-7H2,1H3,(H,16,20)(H,18,21). The van der Waals surface area contributed by atoms with Crippen LogP contribution in [0, 0.1) is 6.92 Å². The highest BCUT2D eigenvalue weighted by Gasteiger charge is 2.41. The van der Waals surface area contributed by atoms with Gasteiger partial charge in [-0.15, -0.1) is 0 Å². The SMILES string of the molecule is Cc1noc(CCC(=O)NCC2CCCC(F)(F)C(=O)N2)n1. The van der Waals surface area contributed by atoms with Gasteiger partial charge in [0.15, 0.2) is 5.82 Å². The normalized spacial score (nSPS) is 21.0. The van der Waals surface area contributed by atoms with Gasteiger partial charge in [0.25, 0.3) is 5.91 Å². The van der Waals surface area contributed by atoms with E-state index in [1.807, 2.05) is 0 Å². The van der Waals surface area contributed by atoms with Crippen LogP contribution in [0.25, 0.3) is 0 Å². The number of hydrogen-bond donors (Lipinski definition) is 2. The van der Waals surface area contributed by atoms with Crippen LogP contribution < -0.4 is 10.6 Å². The van der Waals surface area contributed by atoms with Crippen molar-refractivity contribution in [3.8, 4) is 0 Å². The van der Waals surface area contributed by atoms with Crippen molar-refractivity contribution in [2.45, 2.75) is 51.0 Å². The molecule has 0 spiro atoms. The van der Waals surface area contributed by atoms with Gasteiger partial charge in [0.1, 0.15) is 0 Å². The van der Waals surface area contributed by atoms with Crippen molar-refractivity contribution in [2.75, 3.05) is 6.54 Å². The van der Waals surface area contributed by atoms with Crippen molar-refractivity contribution in [3.05, 3.63) is 11.7 Å². The fourth-order valence-corrected chi connectivity index (χ4v) is 2.19. The lowest BCUT2D eigenvalue weighted by atomic mass is 10.1. The Morgan fingerprint density at radius 1 is 1.55 bits per heavy atom. The molecule has 2 rings (SSSR count). The Morgan fingerprint density at radius 2 is 2.32 bits per heavy atom. The molecule has 1 fully saturated rings. The summed E-state index contributed by atoms with van der Waals surface area (Å²) in [5.41, 5.74) is 0. The number of carbonyl (C=O) groups is 2. The van der Waals surface area contributed by atoms with Gasteiger partial charge >= 0.3 is 5.92 Å². The Labute approximate surface area is 125 Å². The maximum absolute atomic E-state index is 13.2. The van der Waals surface area contributed by atoms with Crippen LogP contribution >= 0.6 is 0 Å². The molecule has 0 aromatic carbocycles. The molecular formula is C13H18F2N4O3. The van der Waals surface area contributed by atoms with Gasteiger partial charge in [-0.3, -0.25) is 9.59 Å². The second-order valence-corrected chi connectivity index (χ2v) is 5.31. The van der Waals surface area contributed by atoms with Crippen molar-refractivity contribution in [1.82, 2.24) is 20.8 Å². The predicted octanol–water partition coefficient (Wildman–Crippen LogP) is 0.731. The van der Waals surface area contributed by atoms with E-state index in [2.05, 4.69) is 20.8 Å². The van der Waals surface area contributed by atoms with E-state index in [9.17, 15) is 18.4 Å². The molecule has 7 nitrogen and oxygen atoms in total. The molecule has 122 valence electrons. The van der Waals surface area contributed by atoms with E-state index < -0.39 is 24.3 Å². The van der Waals surface area contributed by atoms with E-state index in [4.69, 9.17) is 4.52 Å². The molecule has 9 heteroatoms. The molecule has 1 atom stereocenters. The van der Waals surface area contributed by atoms with E-state index >= 15 is 0 Å². The van der Waals surface area contributed by atoms with Crippen molar-refractivity contribution in [1.29, 1.82) is 0 Å². The molecule has 1 aliphatic heterocycles. The second kappa shape index (κ2) is 6.80. The molecule has 1 saturated heterocycles. The van der Waals surface area contributed by atoms with Gasteiger partial charge in [0.2, 0.25) is 11.8 Å².